The minimum atomic E-state index is 0.494. The van der Waals surface area contributed by atoms with Crippen LogP contribution in [0.25, 0.3) is 0 Å². The van der Waals surface area contributed by atoms with Crippen LogP contribution in [0.4, 0.5) is 0 Å². The van der Waals surface area contributed by atoms with Crippen molar-refractivity contribution in [1.82, 2.24) is 10.2 Å². The lowest BCUT2D eigenvalue weighted by Crippen LogP contribution is -2.38. The minimum Gasteiger partial charge on any atom is -0.308 e. The van der Waals surface area contributed by atoms with Crippen LogP contribution in [-0.4, -0.2) is 31.1 Å². The molecule has 0 radical (unpaired) electrons. The first-order valence-corrected chi connectivity index (χ1v) is 8.55. The molecule has 1 aromatic heterocycles. The fourth-order valence-corrected chi connectivity index (χ4v) is 3.62. The number of piperidine rings is 1. The van der Waals surface area contributed by atoms with E-state index < -0.39 is 0 Å². The Balaban J connectivity index is 1.67. The minimum absolute atomic E-state index is 0.494. The molecule has 1 N–H and O–H groups in total. The van der Waals surface area contributed by atoms with Gasteiger partial charge in [0.1, 0.15) is 0 Å². The fourth-order valence-electron chi connectivity index (χ4n) is 2.64. The van der Waals surface area contributed by atoms with Crippen LogP contribution >= 0.6 is 11.3 Å². The van der Waals surface area contributed by atoms with Gasteiger partial charge in [-0.25, -0.2) is 0 Å². The van der Waals surface area contributed by atoms with Gasteiger partial charge in [0, 0.05) is 28.9 Å². The van der Waals surface area contributed by atoms with Crippen LogP contribution < -0.4 is 5.32 Å². The van der Waals surface area contributed by atoms with Crippen molar-refractivity contribution >= 4 is 11.3 Å². The maximum absolute atomic E-state index is 3.66. The van der Waals surface area contributed by atoms with Gasteiger partial charge in [-0.1, -0.05) is 13.8 Å². The highest BCUT2D eigenvalue weighted by atomic mass is 32.1. The van der Waals surface area contributed by atoms with Gasteiger partial charge in [0.15, 0.2) is 0 Å². The van der Waals surface area contributed by atoms with Crippen molar-refractivity contribution in [3.63, 3.8) is 0 Å². The molecule has 0 saturated carbocycles. The van der Waals surface area contributed by atoms with E-state index in [-0.39, 0.29) is 0 Å². The van der Waals surface area contributed by atoms with Gasteiger partial charge >= 0.3 is 0 Å². The Bertz CT molecular complexity index is 367. The molecular formula is C16H28N2S. The topological polar surface area (TPSA) is 15.3 Å². The zero-order valence-electron chi connectivity index (χ0n) is 12.6. The van der Waals surface area contributed by atoms with Gasteiger partial charge in [0.05, 0.1) is 0 Å². The monoisotopic (exact) mass is 280 g/mol. The maximum atomic E-state index is 3.66. The molecule has 0 aromatic carbocycles. The average Bonchev–Trinajstić information content (AvgIpc) is 2.90. The molecule has 1 atom stereocenters. The third-order valence-corrected chi connectivity index (χ3v) is 5.62. The predicted octanol–water partition coefficient (Wildman–Crippen LogP) is 3.69. The number of likely N-dealkylation sites (tertiary alicyclic amines) is 1. The summed E-state index contributed by atoms with van der Waals surface area (Å²) < 4.78 is 0. The van der Waals surface area contributed by atoms with Crippen molar-refractivity contribution < 1.29 is 0 Å². The van der Waals surface area contributed by atoms with Crippen molar-refractivity contribution in [3.05, 3.63) is 21.9 Å². The number of hydrogen-bond acceptors (Lipinski definition) is 3. The summed E-state index contributed by atoms with van der Waals surface area (Å²) in [7, 11) is 0. The van der Waals surface area contributed by atoms with Crippen molar-refractivity contribution in [2.45, 2.75) is 46.1 Å². The third-order valence-electron chi connectivity index (χ3n) is 4.21. The third kappa shape index (κ3) is 4.59. The molecule has 1 fully saturated rings. The zero-order valence-corrected chi connectivity index (χ0v) is 13.4. The van der Waals surface area contributed by atoms with Gasteiger partial charge in [-0.3, -0.25) is 0 Å². The summed E-state index contributed by atoms with van der Waals surface area (Å²) in [5, 5.41) is 3.66. The van der Waals surface area contributed by atoms with E-state index in [0.717, 1.165) is 18.9 Å². The first-order valence-electron chi connectivity index (χ1n) is 7.73. The summed E-state index contributed by atoms with van der Waals surface area (Å²) in [6.45, 7) is 11.8. The quantitative estimate of drug-likeness (QED) is 0.855. The Morgan fingerprint density at radius 2 is 2.11 bits per heavy atom. The molecule has 0 amide bonds. The van der Waals surface area contributed by atoms with Crippen LogP contribution in [0.15, 0.2) is 12.1 Å². The number of nitrogens with one attached hydrogen (secondary N) is 1. The average molecular weight is 280 g/mol. The lowest BCUT2D eigenvalue weighted by atomic mass is 9.99. The van der Waals surface area contributed by atoms with Gasteiger partial charge < -0.3 is 10.2 Å². The number of aryl methyl sites for hydroxylation is 1. The van der Waals surface area contributed by atoms with E-state index in [4.69, 9.17) is 0 Å². The van der Waals surface area contributed by atoms with Gasteiger partial charge in [-0.05, 0) is 57.3 Å². The van der Waals surface area contributed by atoms with Crippen LogP contribution in [0.1, 0.15) is 49.4 Å². The highest BCUT2D eigenvalue weighted by Gasteiger charge is 2.15. The second kappa shape index (κ2) is 7.41. The second-order valence-electron chi connectivity index (χ2n) is 5.86. The molecule has 1 saturated heterocycles. The van der Waals surface area contributed by atoms with E-state index in [2.05, 4.69) is 43.1 Å². The molecule has 3 heteroatoms. The first-order chi connectivity index (χ1) is 9.19. The SMILES string of the molecule is CCc1ccc(C(C)NCCN2CCC(C)CC2)s1. The standard InChI is InChI=1S/C16H28N2S/c1-4-15-5-6-16(19-15)14(3)17-9-12-18-10-7-13(2)8-11-18/h5-6,13-14,17H,4,7-12H2,1-3H3. The largest absolute Gasteiger partial charge is 0.308 e. The summed E-state index contributed by atoms with van der Waals surface area (Å²) in [6.07, 6.45) is 3.91. The van der Waals surface area contributed by atoms with E-state index in [1.807, 2.05) is 11.3 Å². The molecular weight excluding hydrogens is 252 g/mol. The molecule has 1 aliphatic heterocycles. The van der Waals surface area contributed by atoms with Gasteiger partial charge in [-0.15, -0.1) is 11.3 Å². The Kier molecular flexibility index (Phi) is 5.86. The molecule has 2 rings (SSSR count). The molecule has 1 aromatic rings. The molecule has 108 valence electrons. The molecule has 0 bridgehead atoms. The van der Waals surface area contributed by atoms with Gasteiger partial charge in [0.2, 0.25) is 0 Å². The molecule has 2 heterocycles. The highest BCUT2D eigenvalue weighted by molar-refractivity contribution is 7.12. The van der Waals surface area contributed by atoms with Crippen molar-refractivity contribution in [2.75, 3.05) is 26.2 Å². The van der Waals surface area contributed by atoms with Crippen LogP contribution in [0.3, 0.4) is 0 Å². The Morgan fingerprint density at radius 3 is 2.74 bits per heavy atom. The van der Waals surface area contributed by atoms with Crippen LogP contribution in [0.2, 0.25) is 0 Å². The smallest absolute Gasteiger partial charge is 0.0386 e. The Morgan fingerprint density at radius 1 is 1.37 bits per heavy atom. The lowest BCUT2D eigenvalue weighted by Gasteiger charge is -2.30. The number of rotatable bonds is 6. The predicted molar refractivity (Wildman–Crippen MR) is 85.0 cm³/mol. The highest BCUT2D eigenvalue weighted by Crippen LogP contribution is 2.23. The molecule has 2 nitrogen and oxygen atoms in total. The van der Waals surface area contributed by atoms with Gasteiger partial charge in [0.25, 0.3) is 0 Å². The summed E-state index contributed by atoms with van der Waals surface area (Å²) in [6, 6.07) is 5.04. The fraction of sp³-hybridized carbons (Fsp3) is 0.750. The lowest BCUT2D eigenvalue weighted by molar-refractivity contribution is 0.191. The van der Waals surface area contributed by atoms with E-state index >= 15 is 0 Å². The number of thiophene rings is 1. The first kappa shape index (κ1) is 15.0. The summed E-state index contributed by atoms with van der Waals surface area (Å²) >= 11 is 1.95. The van der Waals surface area contributed by atoms with Gasteiger partial charge in [-0.2, -0.15) is 0 Å². The maximum Gasteiger partial charge on any atom is 0.0386 e. The molecule has 1 aliphatic rings. The number of nitrogens with zero attached hydrogens (tertiary/aromatic N) is 1. The molecule has 0 spiro atoms. The van der Waals surface area contributed by atoms with E-state index in [1.54, 1.807) is 0 Å². The molecule has 0 aliphatic carbocycles. The number of hydrogen-bond donors (Lipinski definition) is 1. The van der Waals surface area contributed by atoms with Crippen molar-refractivity contribution in [3.8, 4) is 0 Å². The van der Waals surface area contributed by atoms with Crippen LogP contribution in [0.5, 0.6) is 0 Å². The summed E-state index contributed by atoms with van der Waals surface area (Å²) in [5.74, 6) is 0.932. The molecule has 19 heavy (non-hydrogen) atoms. The van der Waals surface area contributed by atoms with Crippen LogP contribution in [0, 0.1) is 5.92 Å². The summed E-state index contributed by atoms with van der Waals surface area (Å²) in [5.41, 5.74) is 0. The van der Waals surface area contributed by atoms with Crippen LogP contribution in [-0.2, 0) is 6.42 Å². The van der Waals surface area contributed by atoms with Crippen molar-refractivity contribution in [1.29, 1.82) is 0 Å². The normalized spacial score (nSPS) is 19.7. The zero-order chi connectivity index (χ0) is 13.7. The Hall–Kier alpha value is -0.380. The Labute approximate surface area is 122 Å². The van der Waals surface area contributed by atoms with Crippen molar-refractivity contribution in [2.24, 2.45) is 5.92 Å². The van der Waals surface area contributed by atoms with E-state index in [0.29, 0.717) is 6.04 Å². The van der Waals surface area contributed by atoms with E-state index in [9.17, 15) is 0 Å². The second-order valence-corrected chi connectivity index (χ2v) is 7.06. The van der Waals surface area contributed by atoms with E-state index in [1.165, 1.54) is 42.2 Å². The molecule has 1 unspecified atom stereocenters. The summed E-state index contributed by atoms with van der Waals surface area (Å²) in [4.78, 5) is 5.57.